The van der Waals surface area contributed by atoms with Crippen molar-refractivity contribution in [3.05, 3.63) is 23.8 Å². The third-order valence-electron chi connectivity index (χ3n) is 3.34. The van der Waals surface area contributed by atoms with Crippen molar-refractivity contribution in [3.63, 3.8) is 0 Å². The summed E-state index contributed by atoms with van der Waals surface area (Å²) in [5, 5.41) is 5.64. The van der Waals surface area contributed by atoms with Gasteiger partial charge in [-0.15, -0.1) is 0 Å². The van der Waals surface area contributed by atoms with Gasteiger partial charge >= 0.3 is 6.03 Å². The summed E-state index contributed by atoms with van der Waals surface area (Å²) in [7, 11) is 7.07. The van der Waals surface area contributed by atoms with Crippen LogP contribution in [0.1, 0.15) is 23.7 Å². The largest absolute Gasteiger partial charge is 0.382 e. The van der Waals surface area contributed by atoms with Gasteiger partial charge < -0.3 is 25.2 Å². The summed E-state index contributed by atoms with van der Waals surface area (Å²) >= 11 is 0. The molecule has 1 rings (SSSR count). The molecule has 0 saturated heterocycles. The van der Waals surface area contributed by atoms with Crippen LogP contribution in [-0.2, 0) is 4.74 Å². The number of rotatable bonds is 8. The highest BCUT2D eigenvalue weighted by Gasteiger charge is 2.15. The van der Waals surface area contributed by atoms with Crippen LogP contribution >= 0.6 is 0 Å². The maximum Gasteiger partial charge on any atom is 0.321 e. The van der Waals surface area contributed by atoms with Crippen molar-refractivity contribution in [3.8, 4) is 0 Å². The normalized spacial score (nSPS) is 10.2. The van der Waals surface area contributed by atoms with Crippen molar-refractivity contribution >= 4 is 23.3 Å². The molecule has 3 amide bonds. The molecule has 0 bridgehead atoms. The molecule has 0 saturated carbocycles. The lowest BCUT2D eigenvalue weighted by Gasteiger charge is -2.19. The Labute approximate surface area is 144 Å². The number of anilines is 2. The highest BCUT2D eigenvalue weighted by molar-refractivity contribution is 6.01. The number of carbonyl (C=O) groups is 2. The number of urea groups is 1. The van der Waals surface area contributed by atoms with Crippen molar-refractivity contribution in [2.45, 2.75) is 13.3 Å². The molecule has 7 nitrogen and oxygen atoms in total. The van der Waals surface area contributed by atoms with E-state index in [1.54, 1.807) is 26.2 Å². The lowest BCUT2D eigenvalue weighted by molar-refractivity contribution is 0.0944. The Bertz CT molecular complexity index is 559. The van der Waals surface area contributed by atoms with Gasteiger partial charge in [-0.3, -0.25) is 4.79 Å². The van der Waals surface area contributed by atoms with Crippen molar-refractivity contribution in [1.82, 2.24) is 10.2 Å². The molecular weight excluding hydrogens is 308 g/mol. The average Bonchev–Trinajstić information content (AvgIpc) is 2.54. The molecule has 24 heavy (non-hydrogen) atoms. The monoisotopic (exact) mass is 336 g/mol. The molecular formula is C17H28N4O3. The minimum absolute atomic E-state index is 0.170. The molecule has 2 N–H and O–H groups in total. The maximum atomic E-state index is 12.5. The van der Waals surface area contributed by atoms with E-state index < -0.39 is 0 Å². The fraction of sp³-hybridized carbons (Fsp3) is 0.529. The fourth-order valence-electron chi connectivity index (χ4n) is 2.04. The van der Waals surface area contributed by atoms with Gasteiger partial charge in [0.1, 0.15) is 0 Å². The van der Waals surface area contributed by atoms with Crippen LogP contribution in [0.3, 0.4) is 0 Å². The minimum Gasteiger partial charge on any atom is -0.382 e. The van der Waals surface area contributed by atoms with Gasteiger partial charge in [-0.1, -0.05) is 0 Å². The summed E-state index contributed by atoms with van der Waals surface area (Å²) in [6, 6.07) is 5.05. The molecule has 0 aliphatic heterocycles. The van der Waals surface area contributed by atoms with Crippen LogP contribution < -0.4 is 15.5 Å². The number of ether oxygens (including phenoxy) is 1. The number of carbonyl (C=O) groups excluding carboxylic acids is 2. The lowest BCUT2D eigenvalue weighted by atomic mass is 10.1. The number of hydrogen-bond acceptors (Lipinski definition) is 4. The zero-order chi connectivity index (χ0) is 18.1. The molecule has 0 aliphatic carbocycles. The Morgan fingerprint density at radius 3 is 2.46 bits per heavy atom. The van der Waals surface area contributed by atoms with Crippen LogP contribution in [0, 0.1) is 0 Å². The van der Waals surface area contributed by atoms with Crippen LogP contribution in [0.15, 0.2) is 18.2 Å². The topological polar surface area (TPSA) is 73.9 Å². The number of hydrogen-bond donors (Lipinski definition) is 2. The Kier molecular flexibility index (Phi) is 8.05. The van der Waals surface area contributed by atoms with Crippen LogP contribution in [0.25, 0.3) is 0 Å². The molecule has 0 unspecified atom stereocenters. The van der Waals surface area contributed by atoms with E-state index in [4.69, 9.17) is 4.74 Å². The van der Waals surface area contributed by atoms with Gasteiger partial charge in [0.05, 0.1) is 5.56 Å². The van der Waals surface area contributed by atoms with E-state index in [0.717, 1.165) is 12.1 Å². The molecule has 0 spiro atoms. The van der Waals surface area contributed by atoms with Crippen molar-refractivity contribution in [2.75, 3.05) is 58.2 Å². The highest BCUT2D eigenvalue weighted by atomic mass is 16.5. The second-order valence-electron chi connectivity index (χ2n) is 5.76. The Morgan fingerprint density at radius 1 is 1.17 bits per heavy atom. The standard InChI is InChI=1S/C17H28N4O3/c1-6-24-11-7-10-18-16(22)14-12-13(19-17(23)21(4)5)8-9-15(14)20(2)3/h8-9,12H,6-7,10-11H2,1-5H3,(H,18,22)(H,19,23). The Balaban J connectivity index is 2.84. The smallest absolute Gasteiger partial charge is 0.321 e. The Morgan fingerprint density at radius 2 is 1.88 bits per heavy atom. The first kappa shape index (κ1) is 19.8. The quantitative estimate of drug-likeness (QED) is 0.712. The first-order chi connectivity index (χ1) is 11.4. The first-order valence-electron chi connectivity index (χ1n) is 8.02. The van der Waals surface area contributed by atoms with Gasteiger partial charge in [0, 0.05) is 59.3 Å². The fourth-order valence-corrected chi connectivity index (χ4v) is 2.04. The summed E-state index contributed by atoms with van der Waals surface area (Å²) in [6.45, 7) is 3.78. The third-order valence-corrected chi connectivity index (χ3v) is 3.34. The second-order valence-corrected chi connectivity index (χ2v) is 5.76. The SMILES string of the molecule is CCOCCCNC(=O)c1cc(NC(=O)N(C)C)ccc1N(C)C. The predicted octanol–water partition coefficient (Wildman–Crippen LogP) is 2.00. The van der Waals surface area contributed by atoms with Gasteiger partial charge in [-0.2, -0.15) is 0 Å². The zero-order valence-corrected chi connectivity index (χ0v) is 15.2. The molecule has 0 radical (unpaired) electrons. The van der Waals surface area contributed by atoms with E-state index in [0.29, 0.717) is 31.0 Å². The molecule has 7 heteroatoms. The van der Waals surface area contributed by atoms with Crippen LogP contribution in [0.2, 0.25) is 0 Å². The van der Waals surface area contributed by atoms with Crippen molar-refractivity contribution in [2.24, 2.45) is 0 Å². The molecule has 1 aromatic carbocycles. The van der Waals surface area contributed by atoms with Crippen molar-refractivity contribution < 1.29 is 14.3 Å². The molecule has 0 atom stereocenters. The molecule has 0 aliphatic rings. The Hall–Kier alpha value is -2.28. The number of amides is 3. The van der Waals surface area contributed by atoms with Gasteiger partial charge in [0.15, 0.2) is 0 Å². The van der Waals surface area contributed by atoms with E-state index in [1.807, 2.05) is 32.0 Å². The van der Waals surface area contributed by atoms with E-state index in [-0.39, 0.29) is 11.9 Å². The average molecular weight is 336 g/mol. The second kappa shape index (κ2) is 9.77. The number of benzene rings is 1. The molecule has 0 heterocycles. The summed E-state index contributed by atoms with van der Waals surface area (Å²) in [5.41, 5.74) is 1.90. The van der Waals surface area contributed by atoms with E-state index in [2.05, 4.69) is 10.6 Å². The van der Waals surface area contributed by atoms with Gasteiger partial charge in [-0.05, 0) is 31.5 Å². The zero-order valence-electron chi connectivity index (χ0n) is 15.2. The third kappa shape index (κ3) is 6.08. The van der Waals surface area contributed by atoms with Gasteiger partial charge in [-0.25, -0.2) is 4.79 Å². The van der Waals surface area contributed by atoms with E-state index >= 15 is 0 Å². The lowest BCUT2D eigenvalue weighted by Crippen LogP contribution is -2.29. The van der Waals surface area contributed by atoms with Crippen LogP contribution in [-0.4, -0.2) is 64.8 Å². The summed E-state index contributed by atoms with van der Waals surface area (Å²) in [6.07, 6.45) is 0.758. The predicted molar refractivity (Wildman–Crippen MR) is 96.9 cm³/mol. The molecule has 1 aromatic rings. The molecule has 0 fully saturated rings. The molecule has 0 aromatic heterocycles. The summed E-state index contributed by atoms with van der Waals surface area (Å²) < 4.78 is 5.26. The summed E-state index contributed by atoms with van der Waals surface area (Å²) in [5.74, 6) is -0.170. The van der Waals surface area contributed by atoms with Crippen LogP contribution in [0.5, 0.6) is 0 Å². The van der Waals surface area contributed by atoms with E-state index in [1.165, 1.54) is 4.90 Å². The summed E-state index contributed by atoms with van der Waals surface area (Å²) in [4.78, 5) is 27.6. The van der Waals surface area contributed by atoms with Crippen LogP contribution in [0.4, 0.5) is 16.2 Å². The number of nitrogens with one attached hydrogen (secondary N) is 2. The van der Waals surface area contributed by atoms with E-state index in [9.17, 15) is 9.59 Å². The van der Waals surface area contributed by atoms with Gasteiger partial charge in [0.25, 0.3) is 5.91 Å². The highest BCUT2D eigenvalue weighted by Crippen LogP contribution is 2.23. The minimum atomic E-state index is -0.240. The number of nitrogens with zero attached hydrogens (tertiary/aromatic N) is 2. The van der Waals surface area contributed by atoms with Crippen molar-refractivity contribution in [1.29, 1.82) is 0 Å². The molecule has 134 valence electrons. The van der Waals surface area contributed by atoms with Gasteiger partial charge in [0.2, 0.25) is 0 Å². The maximum absolute atomic E-state index is 12.5. The first-order valence-corrected chi connectivity index (χ1v) is 8.02.